The van der Waals surface area contributed by atoms with Gasteiger partial charge in [-0.05, 0) is 43.2 Å². The van der Waals surface area contributed by atoms with Crippen LogP contribution in [-0.4, -0.2) is 30.5 Å². The van der Waals surface area contributed by atoms with Crippen LogP contribution in [0.1, 0.15) is 36.6 Å². The number of carbonyl (C=O) groups is 1. The Labute approximate surface area is 189 Å². The zero-order chi connectivity index (χ0) is 23.5. The van der Waals surface area contributed by atoms with Gasteiger partial charge in [-0.2, -0.15) is 13.2 Å². The molecule has 0 amide bonds. The van der Waals surface area contributed by atoms with E-state index >= 15 is 0 Å². The highest BCUT2D eigenvalue weighted by atomic mass is 35.5. The van der Waals surface area contributed by atoms with Crippen molar-refractivity contribution in [3.8, 4) is 0 Å². The van der Waals surface area contributed by atoms with Gasteiger partial charge in [0.05, 0.1) is 30.8 Å². The summed E-state index contributed by atoms with van der Waals surface area (Å²) in [5.74, 6) is -0.214. The van der Waals surface area contributed by atoms with Crippen molar-refractivity contribution in [2.24, 2.45) is 4.99 Å². The number of ether oxygens (including phenoxy) is 1. The van der Waals surface area contributed by atoms with Gasteiger partial charge in [0.25, 0.3) is 0 Å². The van der Waals surface area contributed by atoms with Crippen LogP contribution in [0, 0.1) is 0 Å². The molecule has 1 aliphatic heterocycles. The molecule has 0 bridgehead atoms. The van der Waals surface area contributed by atoms with E-state index in [0.717, 1.165) is 11.6 Å². The van der Waals surface area contributed by atoms with E-state index in [2.05, 4.69) is 10.3 Å². The molecule has 0 radical (unpaired) electrons. The number of carbonyl (C=O) groups excluding carboxylic acids is 1. The molecule has 3 rings (SSSR count). The van der Waals surface area contributed by atoms with E-state index in [1.54, 1.807) is 42.2 Å². The lowest BCUT2D eigenvalue weighted by Crippen LogP contribution is -2.49. The Morgan fingerprint density at radius 1 is 1.19 bits per heavy atom. The van der Waals surface area contributed by atoms with Crippen molar-refractivity contribution in [3.05, 3.63) is 81.5 Å². The molecule has 1 unspecified atom stereocenters. The number of esters is 1. The van der Waals surface area contributed by atoms with Crippen molar-refractivity contribution < 1.29 is 22.7 Å². The summed E-state index contributed by atoms with van der Waals surface area (Å²) in [7, 11) is 1.26. The molecule has 9 heteroatoms. The Morgan fingerprint density at radius 3 is 2.44 bits per heavy atom. The first-order valence-electron chi connectivity index (χ1n) is 9.95. The van der Waals surface area contributed by atoms with Crippen LogP contribution < -0.4 is 5.32 Å². The number of guanidine groups is 1. The van der Waals surface area contributed by atoms with E-state index < -0.39 is 23.8 Å². The molecule has 170 valence electrons. The summed E-state index contributed by atoms with van der Waals surface area (Å²) in [6.45, 7) is 3.77. The van der Waals surface area contributed by atoms with Crippen LogP contribution in [0.4, 0.5) is 13.2 Å². The lowest BCUT2D eigenvalue weighted by Gasteiger charge is -2.38. The number of rotatable bonds is 5. The second-order valence-corrected chi connectivity index (χ2v) is 7.60. The van der Waals surface area contributed by atoms with Crippen molar-refractivity contribution in [2.75, 3.05) is 13.7 Å². The zero-order valence-electron chi connectivity index (χ0n) is 17.8. The maximum absolute atomic E-state index is 13.6. The van der Waals surface area contributed by atoms with E-state index in [4.69, 9.17) is 16.3 Å². The minimum Gasteiger partial charge on any atom is -0.466 e. The number of allylic oxidation sites excluding steroid dienone is 1. The third kappa shape index (κ3) is 4.91. The Hall–Kier alpha value is -3.00. The largest absolute Gasteiger partial charge is 0.466 e. The molecular formula is C23H23ClF3N3O2. The van der Waals surface area contributed by atoms with Crippen molar-refractivity contribution in [3.63, 3.8) is 0 Å². The first kappa shape index (κ1) is 23.7. The average molecular weight is 466 g/mol. The molecule has 0 fully saturated rings. The molecule has 0 spiro atoms. The molecule has 0 aliphatic carbocycles. The fraction of sp³-hybridized carbons (Fsp3) is 0.304. The summed E-state index contributed by atoms with van der Waals surface area (Å²) in [4.78, 5) is 18.8. The van der Waals surface area contributed by atoms with Crippen LogP contribution in [-0.2, 0) is 22.3 Å². The normalized spacial score (nSPS) is 18.0. The van der Waals surface area contributed by atoms with Crippen LogP contribution in [0.3, 0.4) is 0 Å². The highest BCUT2D eigenvalue weighted by molar-refractivity contribution is 6.30. The molecule has 0 saturated heterocycles. The van der Waals surface area contributed by atoms with Crippen molar-refractivity contribution in [2.45, 2.75) is 32.6 Å². The van der Waals surface area contributed by atoms with Gasteiger partial charge in [-0.15, -0.1) is 0 Å². The predicted octanol–water partition coefficient (Wildman–Crippen LogP) is 5.33. The van der Waals surface area contributed by atoms with Gasteiger partial charge in [-0.25, -0.2) is 4.79 Å². The van der Waals surface area contributed by atoms with Gasteiger partial charge in [-0.3, -0.25) is 4.99 Å². The molecule has 1 N–H and O–H groups in total. The molecule has 0 aromatic heterocycles. The fourth-order valence-corrected chi connectivity index (χ4v) is 3.78. The SMILES string of the molecule is CCN=C1NC(c2ccc(Cl)cc2)C(C(=O)OC)=C(C)N1Cc1ccccc1C(F)(F)F. The first-order chi connectivity index (χ1) is 15.2. The monoisotopic (exact) mass is 465 g/mol. The highest BCUT2D eigenvalue weighted by Gasteiger charge is 2.37. The molecule has 1 heterocycles. The minimum absolute atomic E-state index is 0.0686. The third-order valence-electron chi connectivity index (χ3n) is 5.18. The lowest BCUT2D eigenvalue weighted by molar-refractivity contribution is -0.139. The fourth-order valence-electron chi connectivity index (χ4n) is 3.65. The van der Waals surface area contributed by atoms with Crippen LogP contribution in [0.5, 0.6) is 0 Å². The summed E-state index contributed by atoms with van der Waals surface area (Å²) in [5.41, 5.74) is 0.824. The molecular weight excluding hydrogens is 443 g/mol. The second kappa shape index (κ2) is 9.65. The zero-order valence-corrected chi connectivity index (χ0v) is 18.6. The number of hydrogen-bond acceptors (Lipinski definition) is 3. The van der Waals surface area contributed by atoms with Gasteiger partial charge in [-0.1, -0.05) is 41.9 Å². The maximum Gasteiger partial charge on any atom is 0.416 e. The van der Waals surface area contributed by atoms with Gasteiger partial charge in [0, 0.05) is 17.3 Å². The molecule has 32 heavy (non-hydrogen) atoms. The standard InChI is InChI=1S/C23H23ClF3N3O2/c1-4-28-22-29-20(15-9-11-17(24)12-10-15)19(21(31)32-3)14(2)30(22)13-16-7-5-6-8-18(16)23(25,26)27/h5-12,20H,4,13H2,1-3H3,(H,28,29). The van der Waals surface area contributed by atoms with Crippen LogP contribution in [0.25, 0.3) is 0 Å². The number of nitrogens with zero attached hydrogens (tertiary/aromatic N) is 2. The Bertz CT molecular complexity index is 1050. The molecule has 0 saturated carbocycles. The number of benzene rings is 2. The Kier molecular flexibility index (Phi) is 7.13. The summed E-state index contributed by atoms with van der Waals surface area (Å²) < 4.78 is 45.7. The van der Waals surface area contributed by atoms with Gasteiger partial charge in [0.2, 0.25) is 0 Å². The van der Waals surface area contributed by atoms with Crippen molar-refractivity contribution in [1.29, 1.82) is 0 Å². The second-order valence-electron chi connectivity index (χ2n) is 7.16. The summed E-state index contributed by atoms with van der Waals surface area (Å²) in [5, 5.41) is 3.75. The molecule has 2 aromatic rings. The van der Waals surface area contributed by atoms with Crippen LogP contribution >= 0.6 is 11.6 Å². The van der Waals surface area contributed by atoms with Gasteiger partial charge < -0.3 is 15.0 Å². The Morgan fingerprint density at radius 2 is 1.84 bits per heavy atom. The lowest BCUT2D eigenvalue weighted by atomic mass is 9.94. The highest BCUT2D eigenvalue weighted by Crippen LogP contribution is 2.36. The number of alkyl halides is 3. The smallest absolute Gasteiger partial charge is 0.416 e. The Balaban J connectivity index is 2.13. The quantitative estimate of drug-likeness (QED) is 0.606. The van der Waals surface area contributed by atoms with E-state index in [1.807, 2.05) is 6.92 Å². The van der Waals surface area contributed by atoms with Crippen molar-refractivity contribution >= 4 is 23.5 Å². The van der Waals surface area contributed by atoms with Gasteiger partial charge >= 0.3 is 12.1 Å². The third-order valence-corrected chi connectivity index (χ3v) is 5.43. The average Bonchev–Trinajstić information content (AvgIpc) is 2.76. The summed E-state index contributed by atoms with van der Waals surface area (Å²) in [6, 6.07) is 11.7. The number of halogens is 4. The van der Waals surface area contributed by atoms with Gasteiger partial charge in [0.1, 0.15) is 0 Å². The molecule has 1 atom stereocenters. The van der Waals surface area contributed by atoms with Crippen molar-refractivity contribution in [1.82, 2.24) is 10.2 Å². The van der Waals surface area contributed by atoms with Gasteiger partial charge in [0.15, 0.2) is 5.96 Å². The van der Waals surface area contributed by atoms with E-state index in [0.29, 0.717) is 23.2 Å². The summed E-state index contributed by atoms with van der Waals surface area (Å²) in [6.07, 6.45) is -4.50. The predicted molar refractivity (Wildman–Crippen MR) is 117 cm³/mol. The van der Waals surface area contributed by atoms with E-state index in [1.165, 1.54) is 19.2 Å². The minimum atomic E-state index is -4.50. The number of nitrogens with one attached hydrogen (secondary N) is 1. The maximum atomic E-state index is 13.6. The number of methoxy groups -OCH3 is 1. The molecule has 2 aromatic carbocycles. The number of hydrogen-bond donors (Lipinski definition) is 1. The van der Waals surface area contributed by atoms with E-state index in [9.17, 15) is 18.0 Å². The molecule has 5 nitrogen and oxygen atoms in total. The molecule has 1 aliphatic rings. The summed E-state index contributed by atoms with van der Waals surface area (Å²) >= 11 is 6.00. The van der Waals surface area contributed by atoms with Crippen LogP contribution in [0.2, 0.25) is 5.02 Å². The number of aliphatic imine (C=N–C) groups is 1. The first-order valence-corrected chi connectivity index (χ1v) is 10.3. The van der Waals surface area contributed by atoms with Crippen LogP contribution in [0.15, 0.2) is 64.8 Å². The topological polar surface area (TPSA) is 53.9 Å². The van der Waals surface area contributed by atoms with E-state index in [-0.39, 0.29) is 17.7 Å².